The van der Waals surface area contributed by atoms with Crippen LogP contribution >= 0.6 is 11.8 Å². The number of hydrogen-bond donors (Lipinski definition) is 2. The molecule has 45 heavy (non-hydrogen) atoms. The third-order valence-corrected chi connectivity index (χ3v) is 8.00. The molecule has 3 aromatic rings. The van der Waals surface area contributed by atoms with Crippen molar-refractivity contribution < 1.29 is 27.4 Å². The first-order valence-electron chi connectivity index (χ1n) is 14.7. The molecule has 1 aliphatic rings. The number of hydrogen-bond acceptors (Lipinski definition) is 8. The number of alkyl halides is 3. The lowest BCUT2D eigenvalue weighted by atomic mass is 10.00. The van der Waals surface area contributed by atoms with Crippen LogP contribution in [0.5, 0.6) is 5.75 Å². The van der Waals surface area contributed by atoms with E-state index >= 15 is 0 Å². The molecule has 12 heteroatoms. The summed E-state index contributed by atoms with van der Waals surface area (Å²) in [5.74, 6) is 0.0886. The Kier molecular flexibility index (Phi) is 11.7. The first kappa shape index (κ1) is 34.0. The first-order valence-corrected chi connectivity index (χ1v) is 15.7. The third-order valence-electron chi connectivity index (χ3n) is 7.03. The second-order valence-corrected chi connectivity index (χ2v) is 11.5. The highest BCUT2D eigenvalue weighted by Crippen LogP contribution is 2.31. The number of carbonyl (C=O) groups excluding carboxylic acids is 1. The van der Waals surface area contributed by atoms with Gasteiger partial charge in [-0.25, -0.2) is 10.4 Å². The summed E-state index contributed by atoms with van der Waals surface area (Å²) >= 11 is 1.43. The number of anilines is 2. The molecule has 4 rings (SSSR count). The Balaban J connectivity index is 1.31. The van der Waals surface area contributed by atoms with Gasteiger partial charge in [-0.15, -0.1) is 13.2 Å². The molecule has 3 aromatic carbocycles. The van der Waals surface area contributed by atoms with Crippen molar-refractivity contribution in [2.75, 3.05) is 29.4 Å². The Labute approximate surface area is 266 Å². The van der Waals surface area contributed by atoms with Gasteiger partial charge in [0.15, 0.2) is 5.17 Å². The van der Waals surface area contributed by atoms with Crippen LogP contribution in [-0.2, 0) is 28.0 Å². The van der Waals surface area contributed by atoms with Gasteiger partial charge in [-0.1, -0.05) is 61.5 Å². The molecule has 1 heterocycles. The van der Waals surface area contributed by atoms with Crippen LogP contribution < -0.4 is 20.5 Å². The van der Waals surface area contributed by atoms with E-state index in [0.717, 1.165) is 40.8 Å². The van der Waals surface area contributed by atoms with Crippen molar-refractivity contribution in [3.8, 4) is 5.75 Å². The van der Waals surface area contributed by atoms with Crippen LogP contribution in [0.1, 0.15) is 49.4 Å². The number of nitrogens with one attached hydrogen (secondary N) is 2. The summed E-state index contributed by atoms with van der Waals surface area (Å²) in [5.41, 5.74) is 10.9. The maximum Gasteiger partial charge on any atom is 0.573 e. The fraction of sp³-hybridized carbons (Fsp3) is 0.364. The summed E-state index contributed by atoms with van der Waals surface area (Å²) in [6.07, 6.45) is -0.514. The van der Waals surface area contributed by atoms with Crippen LogP contribution in [0.4, 0.5) is 24.5 Å². The highest BCUT2D eigenvalue weighted by Gasteiger charge is 2.32. The molecule has 1 atom stereocenters. The van der Waals surface area contributed by atoms with Crippen LogP contribution in [0.25, 0.3) is 0 Å². The highest BCUT2D eigenvalue weighted by atomic mass is 32.2. The molecule has 1 saturated heterocycles. The summed E-state index contributed by atoms with van der Waals surface area (Å²) in [6.45, 7) is 8.45. The van der Waals surface area contributed by atoms with E-state index < -0.39 is 12.0 Å². The minimum Gasteiger partial charge on any atom is -0.406 e. The summed E-state index contributed by atoms with van der Waals surface area (Å²) in [6, 6.07) is 19.6. The topological polar surface area (TPSA) is 87.5 Å². The van der Waals surface area contributed by atoms with Gasteiger partial charge in [-0.05, 0) is 92.4 Å². The van der Waals surface area contributed by atoms with Crippen molar-refractivity contribution in [3.05, 3.63) is 89.0 Å². The van der Waals surface area contributed by atoms with Gasteiger partial charge in [0.25, 0.3) is 0 Å². The van der Waals surface area contributed by atoms with E-state index in [0.29, 0.717) is 29.6 Å². The third kappa shape index (κ3) is 9.56. The smallest absolute Gasteiger partial charge is 0.406 e. The van der Waals surface area contributed by atoms with Gasteiger partial charge < -0.3 is 14.9 Å². The second-order valence-electron chi connectivity index (χ2n) is 10.6. The Morgan fingerprint density at radius 3 is 2.44 bits per heavy atom. The highest BCUT2D eigenvalue weighted by molar-refractivity contribution is 8.15. The Morgan fingerprint density at radius 2 is 1.78 bits per heavy atom. The summed E-state index contributed by atoms with van der Waals surface area (Å²) in [5, 5.41) is 0.662. The van der Waals surface area contributed by atoms with Crippen molar-refractivity contribution in [3.63, 3.8) is 0 Å². The van der Waals surface area contributed by atoms with Crippen molar-refractivity contribution in [1.82, 2.24) is 5.43 Å². The number of aliphatic imine (C=N–C) groups is 2. The second kappa shape index (κ2) is 15.4. The molecular formula is C33H38F3N5O3S. The van der Waals surface area contributed by atoms with Crippen LogP contribution in [0.2, 0.25) is 0 Å². The summed E-state index contributed by atoms with van der Waals surface area (Å²) in [4.78, 5) is 23.7. The largest absolute Gasteiger partial charge is 0.573 e. The van der Waals surface area contributed by atoms with E-state index in [9.17, 15) is 18.0 Å². The van der Waals surface area contributed by atoms with E-state index in [4.69, 9.17) is 4.74 Å². The van der Waals surface area contributed by atoms with E-state index in [1.54, 1.807) is 11.1 Å². The lowest BCUT2D eigenvalue weighted by Gasteiger charge is -2.28. The molecular weight excluding hydrogens is 603 g/mol. The molecule has 1 aliphatic heterocycles. The number of nitrogens with zero attached hydrogens (tertiary/aromatic N) is 3. The quantitative estimate of drug-likeness (QED) is 0.109. The summed E-state index contributed by atoms with van der Waals surface area (Å²) < 4.78 is 47.1. The van der Waals surface area contributed by atoms with Crippen molar-refractivity contribution >= 4 is 40.4 Å². The molecule has 0 radical (unpaired) electrons. The molecule has 2 N–H and O–H groups in total. The Hall–Kier alpha value is -3.87. The maximum absolute atomic E-state index is 12.8. The van der Waals surface area contributed by atoms with Gasteiger partial charge in [0, 0.05) is 5.69 Å². The Morgan fingerprint density at radius 1 is 1.04 bits per heavy atom. The lowest BCUT2D eigenvalue weighted by Crippen LogP contribution is -2.41. The fourth-order valence-electron chi connectivity index (χ4n) is 4.80. The molecule has 1 fully saturated rings. The number of carbonyl (C=O) groups is 1. The van der Waals surface area contributed by atoms with Gasteiger partial charge in [0.05, 0.1) is 18.0 Å². The van der Waals surface area contributed by atoms with Gasteiger partial charge in [-0.3, -0.25) is 14.7 Å². The van der Waals surface area contributed by atoms with E-state index in [-0.39, 0.29) is 18.4 Å². The minimum atomic E-state index is -4.74. The van der Waals surface area contributed by atoms with Crippen LogP contribution in [0.3, 0.4) is 0 Å². The molecule has 1 unspecified atom stereocenters. The molecule has 0 aliphatic carbocycles. The number of thioether (sulfide) groups is 1. The van der Waals surface area contributed by atoms with Crippen molar-refractivity contribution in [2.45, 2.75) is 59.0 Å². The van der Waals surface area contributed by atoms with Crippen LogP contribution in [0.15, 0.2) is 76.7 Å². The zero-order chi connectivity index (χ0) is 32.5. The first-order chi connectivity index (χ1) is 21.5. The van der Waals surface area contributed by atoms with Gasteiger partial charge >= 0.3 is 6.36 Å². The molecule has 0 spiro atoms. The Bertz CT molecular complexity index is 1500. The molecule has 0 saturated carbocycles. The van der Waals surface area contributed by atoms with E-state index in [2.05, 4.69) is 44.6 Å². The van der Waals surface area contributed by atoms with E-state index in [1.165, 1.54) is 36.0 Å². The van der Waals surface area contributed by atoms with Gasteiger partial charge in [-0.2, -0.15) is 0 Å². The molecule has 1 amide bonds. The number of ether oxygens (including phenoxy) is 2. The number of halogens is 3. The number of hydrazine groups is 1. The zero-order valence-corrected chi connectivity index (χ0v) is 26.6. The molecule has 0 aromatic heterocycles. The van der Waals surface area contributed by atoms with Crippen LogP contribution in [-0.4, -0.2) is 42.7 Å². The van der Waals surface area contributed by atoms with Crippen molar-refractivity contribution in [1.29, 1.82) is 0 Å². The lowest BCUT2D eigenvalue weighted by molar-refractivity contribution is -0.274. The predicted octanol–water partition coefficient (Wildman–Crippen LogP) is 7.38. The average Bonchev–Trinajstić information content (AvgIpc) is 3.37. The standard InChI is InChI=1S/C33H38F3N5O3S/c1-5-7-25-11-8-23(3)20-29(25)41-30(42)21-45-31(41)37-22-43-19-18-24-9-12-26(13-10-24)32(4,38-6-2)40-39-27-14-16-28(17-15-27)44-33(34,35)36/h6,8-17,20,39-40H,5,7,18-19,21-22H2,1-4H3. The fourth-order valence-corrected chi connectivity index (χ4v) is 5.66. The summed E-state index contributed by atoms with van der Waals surface area (Å²) in [7, 11) is 0. The zero-order valence-electron chi connectivity index (χ0n) is 25.8. The number of aryl methyl sites for hydroxylation is 2. The number of rotatable bonds is 14. The van der Waals surface area contributed by atoms with Gasteiger partial charge in [0.2, 0.25) is 5.91 Å². The average molecular weight is 642 g/mol. The predicted molar refractivity (Wildman–Crippen MR) is 175 cm³/mol. The number of amides is 1. The SMILES string of the molecule is CC=NC(C)(NNc1ccc(OC(F)(F)F)cc1)c1ccc(CCOCN=C2SCC(=O)N2c2cc(C)ccc2CCC)cc1. The van der Waals surface area contributed by atoms with Crippen molar-refractivity contribution in [2.24, 2.45) is 9.98 Å². The monoisotopic (exact) mass is 641 g/mol. The number of benzene rings is 3. The van der Waals surface area contributed by atoms with Crippen LogP contribution in [0, 0.1) is 6.92 Å². The molecule has 240 valence electrons. The van der Waals surface area contributed by atoms with Gasteiger partial charge in [0.1, 0.15) is 18.1 Å². The molecule has 0 bridgehead atoms. The van der Waals surface area contributed by atoms with E-state index in [1.807, 2.05) is 51.1 Å². The normalized spacial score (nSPS) is 16.0. The molecule has 8 nitrogen and oxygen atoms in total. The number of amidine groups is 1. The minimum absolute atomic E-state index is 0.0272. The maximum atomic E-state index is 12.8.